The minimum absolute atomic E-state index is 0.532. The number of rotatable bonds is 1. The van der Waals surface area contributed by atoms with Gasteiger partial charge in [0.25, 0.3) is 0 Å². The number of aryl methyl sites for hydroxylation is 2. The average molecular weight is 206 g/mol. The van der Waals surface area contributed by atoms with E-state index >= 15 is 0 Å². The van der Waals surface area contributed by atoms with Crippen molar-refractivity contribution in [1.82, 2.24) is 9.78 Å². The number of hydrogen-bond donors (Lipinski definition) is 2. The molecule has 1 fully saturated rings. The maximum atomic E-state index is 4.51. The van der Waals surface area contributed by atoms with Crippen LogP contribution < -0.4 is 10.6 Å². The van der Waals surface area contributed by atoms with Crippen molar-refractivity contribution in [1.29, 1.82) is 0 Å². The van der Waals surface area contributed by atoms with Crippen LogP contribution in [0.25, 0.3) is 0 Å². The van der Waals surface area contributed by atoms with Crippen LogP contribution in [0, 0.1) is 12.3 Å². The Labute approximate surface area is 90.0 Å². The van der Waals surface area contributed by atoms with Crippen molar-refractivity contribution < 1.29 is 0 Å². The van der Waals surface area contributed by atoms with E-state index in [2.05, 4.69) is 34.3 Å². The molecule has 0 aromatic carbocycles. The van der Waals surface area contributed by atoms with Crippen LogP contribution in [-0.4, -0.2) is 22.9 Å². The maximum Gasteiger partial charge on any atom is 0.148 e. The minimum atomic E-state index is 0.532. The fourth-order valence-electron chi connectivity index (χ4n) is 2.34. The van der Waals surface area contributed by atoms with Crippen LogP contribution >= 0.6 is 0 Å². The molecule has 0 atom stereocenters. The molecule has 2 aliphatic rings. The molecule has 0 unspecified atom stereocenters. The third-order valence-corrected chi connectivity index (χ3v) is 3.66. The maximum absolute atomic E-state index is 4.51. The van der Waals surface area contributed by atoms with Gasteiger partial charge in [0, 0.05) is 25.0 Å². The number of nitrogens with zero attached hydrogens (tertiary/aromatic N) is 2. The Morgan fingerprint density at radius 3 is 2.73 bits per heavy atom. The molecule has 1 aliphatic heterocycles. The van der Waals surface area contributed by atoms with Crippen molar-refractivity contribution in [2.45, 2.75) is 33.2 Å². The van der Waals surface area contributed by atoms with Crippen LogP contribution in [0.1, 0.15) is 25.5 Å². The lowest BCUT2D eigenvalue weighted by molar-refractivity contribution is 0.573. The second-order valence-electron chi connectivity index (χ2n) is 4.83. The molecule has 15 heavy (non-hydrogen) atoms. The number of anilines is 2. The minimum Gasteiger partial charge on any atom is -0.380 e. The van der Waals surface area contributed by atoms with E-state index in [1.807, 2.05) is 0 Å². The zero-order valence-electron chi connectivity index (χ0n) is 9.43. The highest BCUT2D eigenvalue weighted by atomic mass is 15.4. The topological polar surface area (TPSA) is 41.9 Å². The molecule has 4 heteroatoms. The van der Waals surface area contributed by atoms with Gasteiger partial charge in [0.15, 0.2) is 0 Å². The van der Waals surface area contributed by atoms with Gasteiger partial charge in [-0.1, -0.05) is 0 Å². The van der Waals surface area contributed by atoms with E-state index in [4.69, 9.17) is 0 Å². The van der Waals surface area contributed by atoms with Gasteiger partial charge in [0.2, 0.25) is 0 Å². The summed E-state index contributed by atoms with van der Waals surface area (Å²) < 4.78 is 2.05. The van der Waals surface area contributed by atoms with Gasteiger partial charge in [-0.05, 0) is 26.7 Å². The number of hydrogen-bond acceptors (Lipinski definition) is 3. The van der Waals surface area contributed by atoms with E-state index in [0.29, 0.717) is 5.41 Å². The predicted octanol–water partition coefficient (Wildman–Crippen LogP) is 1.83. The zero-order chi connectivity index (χ0) is 10.5. The van der Waals surface area contributed by atoms with Gasteiger partial charge in [-0.15, -0.1) is 0 Å². The third-order valence-electron chi connectivity index (χ3n) is 3.66. The molecule has 0 bridgehead atoms. The Bertz CT molecular complexity index is 390. The van der Waals surface area contributed by atoms with Gasteiger partial charge in [-0.3, -0.25) is 0 Å². The second kappa shape index (κ2) is 2.90. The first kappa shape index (κ1) is 9.07. The van der Waals surface area contributed by atoms with Crippen LogP contribution in [0.15, 0.2) is 0 Å². The molecule has 1 spiro atoms. The van der Waals surface area contributed by atoms with Gasteiger partial charge in [-0.2, -0.15) is 5.10 Å². The Morgan fingerprint density at radius 1 is 1.33 bits per heavy atom. The molecule has 1 aliphatic carbocycles. The van der Waals surface area contributed by atoms with Crippen LogP contribution in [0.4, 0.5) is 11.5 Å². The van der Waals surface area contributed by atoms with Crippen LogP contribution in [-0.2, 0) is 6.54 Å². The molecule has 0 saturated heterocycles. The molecule has 0 radical (unpaired) electrons. The van der Waals surface area contributed by atoms with Gasteiger partial charge in [0.05, 0.1) is 5.69 Å². The molecule has 2 heterocycles. The van der Waals surface area contributed by atoms with E-state index in [1.165, 1.54) is 24.3 Å². The molecule has 82 valence electrons. The lowest BCUT2D eigenvalue weighted by Gasteiger charge is -2.12. The van der Waals surface area contributed by atoms with Crippen LogP contribution in [0.5, 0.6) is 0 Å². The molecule has 1 aromatic heterocycles. The second-order valence-corrected chi connectivity index (χ2v) is 4.83. The van der Waals surface area contributed by atoms with Crippen LogP contribution in [0.2, 0.25) is 0 Å². The van der Waals surface area contributed by atoms with E-state index in [1.54, 1.807) is 0 Å². The fourth-order valence-corrected chi connectivity index (χ4v) is 2.34. The van der Waals surface area contributed by atoms with Crippen molar-refractivity contribution in [2.24, 2.45) is 5.41 Å². The SMILES string of the molecule is CCn1nc(C)c2c1NCC1(CC1)CN2. The average Bonchev–Trinajstić information content (AvgIpc) is 2.98. The molecule has 1 saturated carbocycles. The highest BCUT2D eigenvalue weighted by Gasteiger charge is 2.44. The Hall–Kier alpha value is -1.19. The lowest BCUT2D eigenvalue weighted by atomic mass is 10.1. The fraction of sp³-hybridized carbons (Fsp3) is 0.727. The first-order valence-corrected chi connectivity index (χ1v) is 5.79. The summed E-state index contributed by atoms with van der Waals surface area (Å²) in [5, 5.41) is 11.6. The summed E-state index contributed by atoms with van der Waals surface area (Å²) in [6, 6.07) is 0. The van der Waals surface area contributed by atoms with E-state index < -0.39 is 0 Å². The molecule has 3 rings (SSSR count). The van der Waals surface area contributed by atoms with Crippen LogP contribution in [0.3, 0.4) is 0 Å². The van der Waals surface area contributed by atoms with Gasteiger partial charge in [-0.25, -0.2) is 4.68 Å². The smallest absolute Gasteiger partial charge is 0.148 e. The monoisotopic (exact) mass is 206 g/mol. The molecule has 0 amide bonds. The molecular formula is C11H18N4. The standard InChI is InChI=1S/C11H18N4/c1-3-15-10-9(8(2)14-15)12-6-11(4-5-11)7-13-10/h12-13H,3-7H2,1-2H3. The molecule has 2 N–H and O–H groups in total. The summed E-state index contributed by atoms with van der Waals surface area (Å²) in [7, 11) is 0. The number of aromatic nitrogens is 2. The van der Waals surface area contributed by atoms with Gasteiger partial charge < -0.3 is 10.6 Å². The van der Waals surface area contributed by atoms with Crippen molar-refractivity contribution in [3.05, 3.63) is 5.69 Å². The molecule has 4 nitrogen and oxygen atoms in total. The molecular weight excluding hydrogens is 188 g/mol. The first-order valence-electron chi connectivity index (χ1n) is 5.79. The van der Waals surface area contributed by atoms with Crippen molar-refractivity contribution in [3.63, 3.8) is 0 Å². The van der Waals surface area contributed by atoms with Crippen molar-refractivity contribution >= 4 is 11.5 Å². The van der Waals surface area contributed by atoms with E-state index in [0.717, 1.165) is 25.3 Å². The summed E-state index contributed by atoms with van der Waals surface area (Å²) in [6.45, 7) is 7.33. The molecule has 1 aromatic rings. The summed E-state index contributed by atoms with van der Waals surface area (Å²) in [5.41, 5.74) is 2.85. The highest BCUT2D eigenvalue weighted by molar-refractivity contribution is 5.69. The summed E-state index contributed by atoms with van der Waals surface area (Å²) in [6.07, 6.45) is 2.71. The normalized spacial score (nSPS) is 21.5. The number of fused-ring (bicyclic) bond motifs is 1. The lowest BCUT2D eigenvalue weighted by Crippen LogP contribution is -2.21. The first-order chi connectivity index (χ1) is 7.24. The summed E-state index contributed by atoms with van der Waals surface area (Å²) in [4.78, 5) is 0. The summed E-state index contributed by atoms with van der Waals surface area (Å²) in [5.74, 6) is 1.18. The summed E-state index contributed by atoms with van der Waals surface area (Å²) >= 11 is 0. The predicted molar refractivity (Wildman–Crippen MR) is 61.3 cm³/mol. The van der Waals surface area contributed by atoms with Gasteiger partial charge >= 0.3 is 0 Å². The highest BCUT2D eigenvalue weighted by Crippen LogP contribution is 2.48. The Kier molecular flexibility index (Phi) is 1.75. The Balaban J connectivity index is 1.96. The number of nitrogens with one attached hydrogen (secondary N) is 2. The zero-order valence-corrected chi connectivity index (χ0v) is 9.43. The third kappa shape index (κ3) is 1.31. The van der Waals surface area contributed by atoms with Gasteiger partial charge in [0.1, 0.15) is 11.5 Å². The largest absolute Gasteiger partial charge is 0.380 e. The van der Waals surface area contributed by atoms with E-state index in [9.17, 15) is 0 Å². The van der Waals surface area contributed by atoms with Crippen molar-refractivity contribution in [2.75, 3.05) is 23.7 Å². The quantitative estimate of drug-likeness (QED) is 0.736. The van der Waals surface area contributed by atoms with Crippen molar-refractivity contribution in [3.8, 4) is 0 Å². The Morgan fingerprint density at radius 2 is 2.07 bits per heavy atom. The van der Waals surface area contributed by atoms with E-state index in [-0.39, 0.29) is 0 Å².